The van der Waals surface area contributed by atoms with Gasteiger partial charge in [0, 0.05) is 11.3 Å². The second kappa shape index (κ2) is 6.96. The lowest BCUT2D eigenvalue weighted by Gasteiger charge is -2.01. The molecule has 5 heteroatoms. The number of carbonyl (C=O) groups excluding carboxylic acids is 2. The first-order chi connectivity index (χ1) is 10.9. The van der Waals surface area contributed by atoms with Gasteiger partial charge < -0.3 is 14.8 Å². The molecule has 0 atom stereocenters. The van der Waals surface area contributed by atoms with Crippen molar-refractivity contribution in [1.82, 2.24) is 4.98 Å². The van der Waals surface area contributed by atoms with Crippen molar-refractivity contribution in [3.63, 3.8) is 0 Å². The van der Waals surface area contributed by atoms with E-state index in [-0.39, 0.29) is 18.1 Å². The maximum atomic E-state index is 12.4. The lowest BCUT2D eigenvalue weighted by molar-refractivity contribution is 0.0519. The number of esters is 1. The highest BCUT2D eigenvalue weighted by atomic mass is 16.5. The summed E-state index contributed by atoms with van der Waals surface area (Å²) in [5, 5.41) is 9.42. The Morgan fingerprint density at radius 2 is 2.04 bits per heavy atom. The second-order valence-electron chi connectivity index (χ2n) is 5.14. The number of allylic oxidation sites excluding steroid dienone is 1. The molecule has 5 nitrogen and oxygen atoms in total. The number of aromatic amines is 1. The first-order valence-corrected chi connectivity index (χ1v) is 7.31. The largest absolute Gasteiger partial charge is 0.508 e. The van der Waals surface area contributed by atoms with Crippen LogP contribution in [-0.4, -0.2) is 28.4 Å². The monoisotopic (exact) mass is 313 g/mol. The number of nitrogens with one attached hydrogen (secondary N) is 1. The van der Waals surface area contributed by atoms with E-state index in [1.165, 1.54) is 6.08 Å². The van der Waals surface area contributed by atoms with Gasteiger partial charge in [0.15, 0.2) is 5.78 Å². The summed E-state index contributed by atoms with van der Waals surface area (Å²) in [5.41, 5.74) is 2.68. The molecule has 0 aliphatic carbocycles. The van der Waals surface area contributed by atoms with Crippen LogP contribution < -0.4 is 0 Å². The van der Waals surface area contributed by atoms with Crippen molar-refractivity contribution in [2.75, 3.05) is 6.61 Å². The molecule has 0 amide bonds. The molecule has 0 aliphatic rings. The van der Waals surface area contributed by atoms with E-state index in [0.717, 1.165) is 5.56 Å². The zero-order valence-electron chi connectivity index (χ0n) is 13.3. The summed E-state index contributed by atoms with van der Waals surface area (Å²) in [7, 11) is 0. The van der Waals surface area contributed by atoms with E-state index in [0.29, 0.717) is 22.5 Å². The van der Waals surface area contributed by atoms with Crippen LogP contribution in [0, 0.1) is 13.8 Å². The standard InChI is InChI=1S/C18H19NO4/c1-4-23-18(22)17-11(2)16(12(3)19-17)15(21)9-8-13-6-5-7-14(20)10-13/h5-10,19-20H,4H2,1-3H3. The maximum absolute atomic E-state index is 12.4. The molecule has 2 aromatic rings. The molecule has 0 bridgehead atoms. The summed E-state index contributed by atoms with van der Waals surface area (Å²) in [6.45, 7) is 5.46. The van der Waals surface area contributed by atoms with Gasteiger partial charge in [-0.2, -0.15) is 0 Å². The Hall–Kier alpha value is -2.82. The third-order valence-corrected chi connectivity index (χ3v) is 3.46. The van der Waals surface area contributed by atoms with Gasteiger partial charge in [0.2, 0.25) is 0 Å². The summed E-state index contributed by atoms with van der Waals surface area (Å²) in [6.07, 6.45) is 3.05. The van der Waals surface area contributed by atoms with E-state index in [2.05, 4.69) is 4.98 Å². The predicted octanol–water partition coefficient (Wildman–Crippen LogP) is 3.41. The highest BCUT2D eigenvalue weighted by Crippen LogP contribution is 2.20. The van der Waals surface area contributed by atoms with Crippen molar-refractivity contribution < 1.29 is 19.4 Å². The molecule has 0 fully saturated rings. The van der Waals surface area contributed by atoms with Crippen LogP contribution >= 0.6 is 0 Å². The Kier molecular flexibility index (Phi) is 5.01. The third kappa shape index (κ3) is 3.69. The first-order valence-electron chi connectivity index (χ1n) is 7.31. The smallest absolute Gasteiger partial charge is 0.355 e. The summed E-state index contributed by atoms with van der Waals surface area (Å²) in [6, 6.07) is 6.60. The molecule has 120 valence electrons. The van der Waals surface area contributed by atoms with E-state index in [9.17, 15) is 14.7 Å². The fourth-order valence-corrected chi connectivity index (χ4v) is 2.41. The number of phenolic OH excluding ortho intramolecular Hbond substituents is 1. The minimum absolute atomic E-state index is 0.137. The van der Waals surface area contributed by atoms with Gasteiger partial charge in [-0.1, -0.05) is 18.2 Å². The number of H-pyrrole nitrogens is 1. The summed E-state index contributed by atoms with van der Waals surface area (Å²) in [5.74, 6) is -0.544. The fourth-order valence-electron chi connectivity index (χ4n) is 2.41. The maximum Gasteiger partial charge on any atom is 0.355 e. The van der Waals surface area contributed by atoms with E-state index < -0.39 is 5.97 Å². The number of aryl methyl sites for hydroxylation is 1. The van der Waals surface area contributed by atoms with Crippen molar-refractivity contribution in [2.45, 2.75) is 20.8 Å². The number of rotatable bonds is 5. The Morgan fingerprint density at radius 3 is 2.70 bits per heavy atom. The summed E-state index contributed by atoms with van der Waals surface area (Å²) >= 11 is 0. The molecule has 0 saturated carbocycles. The second-order valence-corrected chi connectivity index (χ2v) is 5.14. The van der Waals surface area contributed by atoms with Gasteiger partial charge in [0.1, 0.15) is 11.4 Å². The summed E-state index contributed by atoms with van der Waals surface area (Å²) < 4.78 is 4.97. The molecule has 1 aromatic carbocycles. The van der Waals surface area contributed by atoms with Crippen LogP contribution in [0.3, 0.4) is 0 Å². The number of ketones is 1. The number of hydrogen-bond acceptors (Lipinski definition) is 4. The molecule has 0 aliphatic heterocycles. The number of hydrogen-bond donors (Lipinski definition) is 2. The number of aromatic nitrogens is 1. The molecule has 1 heterocycles. The number of phenols is 1. The van der Waals surface area contributed by atoms with Gasteiger partial charge >= 0.3 is 5.97 Å². The average Bonchev–Trinajstić information content (AvgIpc) is 2.80. The van der Waals surface area contributed by atoms with Gasteiger partial charge in [-0.3, -0.25) is 4.79 Å². The molecule has 2 N–H and O–H groups in total. The Labute approximate surface area is 134 Å². The van der Waals surface area contributed by atoms with Crippen molar-refractivity contribution in [2.24, 2.45) is 0 Å². The van der Waals surface area contributed by atoms with E-state index in [1.54, 1.807) is 51.1 Å². The lowest BCUT2D eigenvalue weighted by Crippen LogP contribution is -2.07. The summed E-state index contributed by atoms with van der Waals surface area (Å²) in [4.78, 5) is 27.2. The minimum Gasteiger partial charge on any atom is -0.508 e. The Morgan fingerprint density at radius 1 is 1.30 bits per heavy atom. The Balaban J connectivity index is 2.28. The van der Waals surface area contributed by atoms with Gasteiger partial charge in [-0.05, 0) is 50.1 Å². The van der Waals surface area contributed by atoms with Crippen LogP contribution in [-0.2, 0) is 4.74 Å². The molecular formula is C18H19NO4. The average molecular weight is 313 g/mol. The molecular weight excluding hydrogens is 294 g/mol. The molecule has 0 unspecified atom stereocenters. The van der Waals surface area contributed by atoms with Crippen LogP contribution in [0.5, 0.6) is 5.75 Å². The highest BCUT2D eigenvalue weighted by Gasteiger charge is 2.21. The van der Waals surface area contributed by atoms with Gasteiger partial charge in [0.25, 0.3) is 0 Å². The van der Waals surface area contributed by atoms with Crippen LogP contribution in [0.15, 0.2) is 30.3 Å². The minimum atomic E-state index is -0.468. The number of benzene rings is 1. The number of aromatic hydroxyl groups is 1. The van der Waals surface area contributed by atoms with Crippen LogP contribution in [0.2, 0.25) is 0 Å². The van der Waals surface area contributed by atoms with Crippen LogP contribution in [0.1, 0.15) is 44.6 Å². The Bertz CT molecular complexity index is 771. The van der Waals surface area contributed by atoms with Gasteiger partial charge in [-0.25, -0.2) is 4.79 Å². The normalized spacial score (nSPS) is 10.9. The number of carbonyl (C=O) groups is 2. The third-order valence-electron chi connectivity index (χ3n) is 3.46. The zero-order chi connectivity index (χ0) is 17.0. The predicted molar refractivity (Wildman–Crippen MR) is 87.7 cm³/mol. The first kappa shape index (κ1) is 16.5. The van der Waals surface area contributed by atoms with Crippen LogP contribution in [0.25, 0.3) is 6.08 Å². The van der Waals surface area contributed by atoms with E-state index in [4.69, 9.17) is 4.74 Å². The molecule has 0 saturated heterocycles. The zero-order valence-corrected chi connectivity index (χ0v) is 13.3. The van der Waals surface area contributed by atoms with E-state index in [1.807, 2.05) is 0 Å². The number of ether oxygens (including phenoxy) is 1. The molecule has 2 rings (SSSR count). The van der Waals surface area contributed by atoms with Gasteiger partial charge in [-0.15, -0.1) is 0 Å². The molecule has 23 heavy (non-hydrogen) atoms. The van der Waals surface area contributed by atoms with Crippen molar-refractivity contribution in [3.8, 4) is 5.75 Å². The topological polar surface area (TPSA) is 79.4 Å². The SMILES string of the molecule is CCOC(=O)c1[nH]c(C)c(C(=O)C=Cc2cccc(O)c2)c1C. The molecule has 0 radical (unpaired) electrons. The molecule has 0 spiro atoms. The quantitative estimate of drug-likeness (QED) is 0.503. The van der Waals surface area contributed by atoms with E-state index >= 15 is 0 Å². The van der Waals surface area contributed by atoms with Gasteiger partial charge in [0.05, 0.1) is 6.61 Å². The fraction of sp³-hybridized carbons (Fsp3) is 0.222. The van der Waals surface area contributed by atoms with Crippen LogP contribution in [0.4, 0.5) is 0 Å². The van der Waals surface area contributed by atoms with Crippen molar-refractivity contribution in [1.29, 1.82) is 0 Å². The van der Waals surface area contributed by atoms with Crippen molar-refractivity contribution in [3.05, 3.63) is 58.4 Å². The highest BCUT2D eigenvalue weighted by molar-refractivity contribution is 6.10. The van der Waals surface area contributed by atoms with Crippen molar-refractivity contribution >= 4 is 17.8 Å². The molecule has 1 aromatic heterocycles. The lowest BCUT2D eigenvalue weighted by atomic mass is 10.0.